The third-order valence-corrected chi connectivity index (χ3v) is 6.31. The maximum absolute atomic E-state index is 12.8. The second kappa shape index (κ2) is 8.75. The van der Waals surface area contributed by atoms with E-state index in [2.05, 4.69) is 10.7 Å². The van der Waals surface area contributed by atoms with Crippen LogP contribution in [0.1, 0.15) is 36.8 Å². The van der Waals surface area contributed by atoms with Gasteiger partial charge in [0.05, 0.1) is 6.54 Å². The molecule has 7 nitrogen and oxygen atoms in total. The summed E-state index contributed by atoms with van der Waals surface area (Å²) < 4.78 is 0. The van der Waals surface area contributed by atoms with Crippen molar-refractivity contribution in [3.63, 3.8) is 0 Å². The third kappa shape index (κ3) is 4.83. The van der Waals surface area contributed by atoms with Crippen LogP contribution >= 0.6 is 11.3 Å². The van der Waals surface area contributed by atoms with Gasteiger partial charge >= 0.3 is 6.03 Å². The van der Waals surface area contributed by atoms with E-state index in [0.717, 1.165) is 15.4 Å². The van der Waals surface area contributed by atoms with E-state index >= 15 is 0 Å². The van der Waals surface area contributed by atoms with Crippen molar-refractivity contribution >= 4 is 29.2 Å². The summed E-state index contributed by atoms with van der Waals surface area (Å²) in [6, 6.07) is 13.2. The van der Waals surface area contributed by atoms with Gasteiger partial charge < -0.3 is 5.32 Å². The highest BCUT2D eigenvalue weighted by Gasteiger charge is 2.48. The molecular weight excluding hydrogens is 388 g/mol. The number of amides is 4. The van der Waals surface area contributed by atoms with Crippen molar-refractivity contribution in [2.24, 2.45) is 0 Å². The molecule has 1 aliphatic heterocycles. The Kier molecular flexibility index (Phi) is 6.34. The monoisotopic (exact) mass is 414 g/mol. The quantitative estimate of drug-likeness (QED) is 0.651. The van der Waals surface area contributed by atoms with E-state index in [1.54, 1.807) is 18.3 Å². The average Bonchev–Trinajstić information content (AvgIpc) is 3.30. The summed E-state index contributed by atoms with van der Waals surface area (Å²) in [5.41, 5.74) is 2.50. The molecule has 1 saturated heterocycles. The van der Waals surface area contributed by atoms with Crippen molar-refractivity contribution in [1.82, 2.24) is 20.7 Å². The molecule has 3 rings (SSSR count). The molecule has 1 aromatic carbocycles. The second-order valence-electron chi connectivity index (χ2n) is 7.53. The Morgan fingerprint density at radius 3 is 2.62 bits per heavy atom. The molecule has 0 bridgehead atoms. The van der Waals surface area contributed by atoms with E-state index in [1.807, 2.05) is 66.7 Å². The fourth-order valence-corrected chi connectivity index (χ4v) is 4.11. The van der Waals surface area contributed by atoms with Crippen LogP contribution in [0.3, 0.4) is 0 Å². The Hall–Kier alpha value is -2.71. The van der Waals surface area contributed by atoms with Crippen molar-refractivity contribution in [2.75, 3.05) is 13.6 Å². The molecule has 2 heterocycles. The van der Waals surface area contributed by atoms with E-state index in [1.165, 1.54) is 0 Å². The molecule has 4 amide bonds. The minimum absolute atomic E-state index is 0.0556. The lowest BCUT2D eigenvalue weighted by molar-refractivity contribution is -0.139. The molecule has 2 N–H and O–H groups in total. The first-order valence-corrected chi connectivity index (χ1v) is 10.4. The Bertz CT molecular complexity index is 871. The summed E-state index contributed by atoms with van der Waals surface area (Å²) >= 11 is 1.62. The number of imide groups is 1. The van der Waals surface area contributed by atoms with Crippen molar-refractivity contribution in [3.05, 3.63) is 58.3 Å². The lowest BCUT2D eigenvalue weighted by atomic mass is 9.93. The highest BCUT2D eigenvalue weighted by atomic mass is 32.1. The third-order valence-electron chi connectivity index (χ3n) is 5.26. The number of hydrogen-bond acceptors (Lipinski definition) is 5. The first-order valence-electron chi connectivity index (χ1n) is 9.54. The van der Waals surface area contributed by atoms with E-state index in [-0.39, 0.29) is 12.6 Å². The minimum Gasteiger partial charge on any atom is -0.322 e. The number of carbonyl (C=O) groups excluding carboxylic acids is 3. The fraction of sp³-hybridized carbons (Fsp3) is 0.381. The summed E-state index contributed by atoms with van der Waals surface area (Å²) in [5.74, 6) is -0.854. The van der Waals surface area contributed by atoms with Gasteiger partial charge in [-0.1, -0.05) is 36.4 Å². The average molecular weight is 415 g/mol. The van der Waals surface area contributed by atoms with Crippen LogP contribution in [0.2, 0.25) is 0 Å². The Morgan fingerprint density at radius 1 is 1.24 bits per heavy atom. The maximum Gasteiger partial charge on any atom is 0.344 e. The summed E-state index contributed by atoms with van der Waals surface area (Å²) in [5, 5.41) is 5.51. The highest BCUT2D eigenvalue weighted by molar-refractivity contribution is 7.10. The zero-order valence-electron chi connectivity index (χ0n) is 16.8. The van der Waals surface area contributed by atoms with Crippen LogP contribution < -0.4 is 10.7 Å². The number of rotatable bonds is 8. The van der Waals surface area contributed by atoms with Gasteiger partial charge in [-0.25, -0.2) is 4.79 Å². The van der Waals surface area contributed by atoms with Crippen molar-refractivity contribution in [1.29, 1.82) is 0 Å². The van der Waals surface area contributed by atoms with Gasteiger partial charge in [0.2, 0.25) is 0 Å². The zero-order chi connectivity index (χ0) is 21.0. The largest absolute Gasteiger partial charge is 0.344 e. The lowest BCUT2D eigenvalue weighted by Crippen LogP contribution is -2.51. The highest BCUT2D eigenvalue weighted by Crippen LogP contribution is 2.24. The van der Waals surface area contributed by atoms with Gasteiger partial charge in [0.25, 0.3) is 11.8 Å². The molecule has 154 valence electrons. The van der Waals surface area contributed by atoms with Crippen molar-refractivity contribution in [3.8, 4) is 0 Å². The lowest BCUT2D eigenvalue weighted by Gasteiger charge is -2.25. The fourth-order valence-electron chi connectivity index (χ4n) is 3.26. The Morgan fingerprint density at radius 2 is 1.97 bits per heavy atom. The number of urea groups is 1. The van der Waals surface area contributed by atoms with E-state index in [4.69, 9.17) is 0 Å². The summed E-state index contributed by atoms with van der Waals surface area (Å²) in [4.78, 5) is 40.6. The number of carbonyl (C=O) groups is 3. The molecule has 2 atom stereocenters. The molecule has 1 aliphatic rings. The second-order valence-corrected chi connectivity index (χ2v) is 8.51. The number of hydrogen-bond donors (Lipinski definition) is 2. The summed E-state index contributed by atoms with van der Waals surface area (Å²) in [7, 11) is 1.83. The normalized spacial score (nSPS) is 20.1. The van der Waals surface area contributed by atoms with Crippen LogP contribution in [0.25, 0.3) is 0 Å². The van der Waals surface area contributed by atoms with Gasteiger partial charge in [-0.3, -0.25) is 19.9 Å². The van der Waals surface area contributed by atoms with E-state index < -0.39 is 23.4 Å². The van der Waals surface area contributed by atoms with Crippen LogP contribution in [0.4, 0.5) is 4.79 Å². The van der Waals surface area contributed by atoms with E-state index in [9.17, 15) is 14.4 Å². The SMILES string of the molecule is CC(c1cccs1)N(C)CC(=O)NN1C(=O)NC(C)(CCc2ccccc2)C1=O. The number of hydrazine groups is 1. The predicted molar refractivity (Wildman–Crippen MR) is 112 cm³/mol. The topological polar surface area (TPSA) is 81.8 Å². The number of nitrogens with one attached hydrogen (secondary N) is 2. The first-order chi connectivity index (χ1) is 13.8. The van der Waals surface area contributed by atoms with Gasteiger partial charge in [0, 0.05) is 10.9 Å². The molecule has 0 saturated carbocycles. The minimum atomic E-state index is -1.05. The van der Waals surface area contributed by atoms with Crippen LogP contribution in [0, 0.1) is 0 Å². The predicted octanol–water partition coefficient (Wildman–Crippen LogP) is 2.72. The smallest absolute Gasteiger partial charge is 0.322 e. The summed E-state index contributed by atoms with van der Waals surface area (Å²) in [6.45, 7) is 3.76. The standard InChI is InChI=1S/C21H26N4O3S/c1-15(17-10-7-13-29-17)24(3)14-18(26)23-25-19(27)21(2,22-20(25)28)12-11-16-8-5-4-6-9-16/h4-10,13,15H,11-12,14H2,1-3H3,(H,22,28)(H,23,26). The van der Waals surface area contributed by atoms with Gasteiger partial charge in [0.15, 0.2) is 0 Å². The zero-order valence-corrected chi connectivity index (χ0v) is 17.7. The van der Waals surface area contributed by atoms with Crippen molar-refractivity contribution < 1.29 is 14.4 Å². The Balaban J connectivity index is 1.57. The van der Waals surface area contributed by atoms with Gasteiger partial charge in [0.1, 0.15) is 5.54 Å². The van der Waals surface area contributed by atoms with Gasteiger partial charge in [-0.15, -0.1) is 11.3 Å². The van der Waals surface area contributed by atoms with Crippen molar-refractivity contribution in [2.45, 2.75) is 38.3 Å². The number of aryl methyl sites for hydroxylation is 1. The molecule has 1 aromatic heterocycles. The van der Waals surface area contributed by atoms with Crippen LogP contribution in [0.15, 0.2) is 47.8 Å². The number of benzene rings is 1. The molecule has 0 aliphatic carbocycles. The van der Waals surface area contributed by atoms with Crippen LogP contribution in [0.5, 0.6) is 0 Å². The molecule has 2 aromatic rings. The molecule has 0 spiro atoms. The molecule has 0 radical (unpaired) electrons. The van der Waals surface area contributed by atoms with Gasteiger partial charge in [-0.2, -0.15) is 5.01 Å². The Labute approximate surface area is 174 Å². The number of nitrogens with zero attached hydrogens (tertiary/aromatic N) is 2. The molecule has 8 heteroatoms. The van der Waals surface area contributed by atoms with E-state index in [0.29, 0.717) is 12.8 Å². The van der Waals surface area contributed by atoms with Crippen LogP contribution in [-0.2, 0) is 16.0 Å². The molecular formula is C21H26N4O3S. The molecule has 2 unspecified atom stereocenters. The molecule has 29 heavy (non-hydrogen) atoms. The number of thiophene rings is 1. The number of likely N-dealkylation sites (N-methyl/N-ethyl adjacent to an activating group) is 1. The first kappa shape index (κ1) is 21.0. The maximum atomic E-state index is 12.8. The van der Waals surface area contributed by atoms with Crippen LogP contribution in [-0.4, -0.2) is 46.9 Å². The molecule has 1 fully saturated rings. The van der Waals surface area contributed by atoms with Gasteiger partial charge in [-0.05, 0) is 50.7 Å². The summed E-state index contributed by atoms with van der Waals surface area (Å²) in [6.07, 6.45) is 1.09.